The Hall–Kier alpha value is -1.81. The molecular formula is C13H15N3O. The van der Waals surface area contributed by atoms with Crippen LogP contribution in [0.1, 0.15) is 18.5 Å². The van der Waals surface area contributed by atoms with E-state index in [1.165, 1.54) is 0 Å². The number of nitrogens with one attached hydrogen (secondary N) is 2. The SMILES string of the molecule is Cc1cc2cc(NC(=O)C3(N)CC3)ccc2[nH]1. The molecule has 0 spiro atoms. The molecule has 0 saturated heterocycles. The normalized spacial score (nSPS) is 17.1. The van der Waals surface area contributed by atoms with E-state index in [1.807, 2.05) is 25.1 Å². The largest absolute Gasteiger partial charge is 0.359 e. The Balaban J connectivity index is 1.87. The van der Waals surface area contributed by atoms with Crippen LogP contribution in [0.4, 0.5) is 5.69 Å². The van der Waals surface area contributed by atoms with Crippen molar-refractivity contribution >= 4 is 22.5 Å². The first kappa shape index (κ1) is 10.4. The molecule has 1 aliphatic rings. The van der Waals surface area contributed by atoms with Crippen molar-refractivity contribution in [3.05, 3.63) is 30.0 Å². The summed E-state index contributed by atoms with van der Waals surface area (Å²) in [5.74, 6) is -0.0795. The van der Waals surface area contributed by atoms with Gasteiger partial charge < -0.3 is 16.0 Å². The summed E-state index contributed by atoms with van der Waals surface area (Å²) in [5, 5.41) is 3.97. The second-order valence-corrected chi connectivity index (χ2v) is 4.86. The lowest BCUT2D eigenvalue weighted by molar-refractivity contribution is -0.118. The van der Waals surface area contributed by atoms with Crippen molar-refractivity contribution < 1.29 is 4.79 Å². The minimum atomic E-state index is -0.622. The van der Waals surface area contributed by atoms with Gasteiger partial charge in [-0.15, -0.1) is 0 Å². The first-order valence-electron chi connectivity index (χ1n) is 5.77. The number of rotatable bonds is 2. The molecule has 0 unspecified atom stereocenters. The number of hydrogen-bond donors (Lipinski definition) is 3. The van der Waals surface area contributed by atoms with Gasteiger partial charge in [-0.2, -0.15) is 0 Å². The van der Waals surface area contributed by atoms with Gasteiger partial charge in [-0.1, -0.05) is 0 Å². The average molecular weight is 229 g/mol. The summed E-state index contributed by atoms with van der Waals surface area (Å²) in [6, 6.07) is 7.87. The molecule has 1 saturated carbocycles. The number of anilines is 1. The van der Waals surface area contributed by atoms with Gasteiger partial charge in [-0.3, -0.25) is 4.79 Å². The highest BCUT2D eigenvalue weighted by molar-refractivity contribution is 6.01. The van der Waals surface area contributed by atoms with Crippen LogP contribution in [0.25, 0.3) is 10.9 Å². The minimum Gasteiger partial charge on any atom is -0.359 e. The third-order valence-electron chi connectivity index (χ3n) is 3.25. The lowest BCUT2D eigenvalue weighted by atomic mass is 10.2. The molecule has 0 aliphatic heterocycles. The molecule has 4 nitrogen and oxygen atoms in total. The van der Waals surface area contributed by atoms with Crippen molar-refractivity contribution in [2.24, 2.45) is 5.73 Å². The van der Waals surface area contributed by atoms with Gasteiger partial charge in [0.15, 0.2) is 0 Å². The van der Waals surface area contributed by atoms with Gasteiger partial charge in [-0.05, 0) is 44.0 Å². The molecule has 4 heteroatoms. The van der Waals surface area contributed by atoms with E-state index in [9.17, 15) is 4.79 Å². The molecule has 1 aliphatic carbocycles. The molecule has 1 heterocycles. The molecular weight excluding hydrogens is 214 g/mol. The van der Waals surface area contributed by atoms with Crippen LogP contribution >= 0.6 is 0 Å². The van der Waals surface area contributed by atoms with Gasteiger partial charge in [0.2, 0.25) is 5.91 Å². The number of fused-ring (bicyclic) bond motifs is 1. The highest BCUT2D eigenvalue weighted by Gasteiger charge is 2.45. The summed E-state index contributed by atoms with van der Waals surface area (Å²) < 4.78 is 0. The zero-order valence-electron chi connectivity index (χ0n) is 9.71. The van der Waals surface area contributed by atoms with Crippen LogP contribution in [0.2, 0.25) is 0 Å². The van der Waals surface area contributed by atoms with Crippen LogP contribution in [-0.2, 0) is 4.79 Å². The van der Waals surface area contributed by atoms with Crippen molar-refractivity contribution in [2.75, 3.05) is 5.32 Å². The van der Waals surface area contributed by atoms with E-state index in [4.69, 9.17) is 5.73 Å². The Bertz CT molecular complexity index is 596. The third-order valence-corrected chi connectivity index (χ3v) is 3.25. The summed E-state index contributed by atoms with van der Waals surface area (Å²) >= 11 is 0. The predicted octanol–water partition coefficient (Wildman–Crippen LogP) is 1.91. The van der Waals surface area contributed by atoms with Gasteiger partial charge in [-0.25, -0.2) is 0 Å². The van der Waals surface area contributed by atoms with Gasteiger partial charge in [0.1, 0.15) is 0 Å². The van der Waals surface area contributed by atoms with Crippen LogP contribution in [0.3, 0.4) is 0 Å². The quantitative estimate of drug-likeness (QED) is 0.736. The molecule has 88 valence electrons. The third kappa shape index (κ3) is 1.80. The molecule has 0 bridgehead atoms. The van der Waals surface area contributed by atoms with Crippen LogP contribution in [0, 0.1) is 6.92 Å². The van der Waals surface area contributed by atoms with E-state index in [1.54, 1.807) is 0 Å². The fraction of sp³-hybridized carbons (Fsp3) is 0.308. The van der Waals surface area contributed by atoms with E-state index >= 15 is 0 Å². The van der Waals surface area contributed by atoms with Gasteiger partial charge in [0, 0.05) is 22.3 Å². The standard InChI is InChI=1S/C13H15N3O/c1-8-6-9-7-10(2-3-11(9)15-8)16-12(17)13(14)4-5-13/h2-3,6-7,15H,4-5,14H2,1H3,(H,16,17). The Labute approximate surface area is 99.2 Å². The Morgan fingerprint density at radius 3 is 2.88 bits per heavy atom. The molecule has 1 amide bonds. The number of aromatic amines is 1. The second-order valence-electron chi connectivity index (χ2n) is 4.86. The molecule has 2 aromatic rings. The van der Waals surface area contributed by atoms with Crippen LogP contribution in [0.15, 0.2) is 24.3 Å². The van der Waals surface area contributed by atoms with E-state index < -0.39 is 5.54 Å². The number of hydrogen-bond acceptors (Lipinski definition) is 2. The lowest BCUT2D eigenvalue weighted by Gasteiger charge is -2.09. The molecule has 1 aromatic carbocycles. The van der Waals surface area contributed by atoms with E-state index in [0.717, 1.165) is 35.1 Å². The number of benzene rings is 1. The number of H-pyrrole nitrogens is 1. The highest BCUT2D eigenvalue weighted by atomic mass is 16.2. The number of amides is 1. The van der Waals surface area contributed by atoms with Crippen LogP contribution < -0.4 is 11.1 Å². The van der Waals surface area contributed by atoms with Gasteiger partial charge in [0.25, 0.3) is 0 Å². The van der Waals surface area contributed by atoms with E-state index in [2.05, 4.69) is 16.4 Å². The molecule has 1 aromatic heterocycles. The lowest BCUT2D eigenvalue weighted by Crippen LogP contribution is -2.37. The topological polar surface area (TPSA) is 70.9 Å². The summed E-state index contributed by atoms with van der Waals surface area (Å²) in [4.78, 5) is 15.0. The highest BCUT2D eigenvalue weighted by Crippen LogP contribution is 2.33. The predicted molar refractivity (Wildman–Crippen MR) is 67.8 cm³/mol. The van der Waals surface area contributed by atoms with Crippen LogP contribution in [0.5, 0.6) is 0 Å². The molecule has 0 atom stereocenters. The maximum absolute atomic E-state index is 11.8. The summed E-state index contributed by atoms with van der Waals surface area (Å²) in [7, 11) is 0. The van der Waals surface area contributed by atoms with Crippen molar-refractivity contribution in [2.45, 2.75) is 25.3 Å². The van der Waals surface area contributed by atoms with E-state index in [0.29, 0.717) is 0 Å². The molecule has 3 rings (SSSR count). The Morgan fingerprint density at radius 2 is 2.18 bits per heavy atom. The smallest absolute Gasteiger partial charge is 0.244 e. The summed E-state index contributed by atoms with van der Waals surface area (Å²) in [6.07, 6.45) is 1.56. The number of aromatic nitrogens is 1. The summed E-state index contributed by atoms with van der Waals surface area (Å²) in [5.41, 5.74) is 8.21. The van der Waals surface area contributed by atoms with Crippen molar-refractivity contribution in [3.63, 3.8) is 0 Å². The van der Waals surface area contributed by atoms with Crippen molar-refractivity contribution in [1.29, 1.82) is 0 Å². The minimum absolute atomic E-state index is 0.0795. The molecule has 17 heavy (non-hydrogen) atoms. The first-order chi connectivity index (χ1) is 8.07. The zero-order valence-corrected chi connectivity index (χ0v) is 9.71. The van der Waals surface area contributed by atoms with E-state index in [-0.39, 0.29) is 5.91 Å². The first-order valence-corrected chi connectivity index (χ1v) is 5.77. The van der Waals surface area contributed by atoms with Crippen molar-refractivity contribution in [1.82, 2.24) is 4.98 Å². The fourth-order valence-corrected chi connectivity index (χ4v) is 1.97. The van der Waals surface area contributed by atoms with Crippen LogP contribution in [-0.4, -0.2) is 16.4 Å². The number of nitrogens with two attached hydrogens (primary N) is 1. The maximum atomic E-state index is 11.8. The zero-order chi connectivity index (χ0) is 12.0. The van der Waals surface area contributed by atoms with Crippen molar-refractivity contribution in [3.8, 4) is 0 Å². The average Bonchev–Trinajstić information content (AvgIpc) is 2.91. The maximum Gasteiger partial charge on any atom is 0.244 e. The Kier molecular flexibility index (Phi) is 2.03. The number of aryl methyl sites for hydroxylation is 1. The van der Waals surface area contributed by atoms with Gasteiger partial charge in [0.05, 0.1) is 5.54 Å². The summed E-state index contributed by atoms with van der Waals surface area (Å²) in [6.45, 7) is 2.01. The number of carbonyl (C=O) groups is 1. The van der Waals surface area contributed by atoms with Gasteiger partial charge >= 0.3 is 0 Å². The molecule has 4 N–H and O–H groups in total. The number of carbonyl (C=O) groups excluding carboxylic acids is 1. The monoisotopic (exact) mass is 229 g/mol. The fourth-order valence-electron chi connectivity index (χ4n) is 1.97. The second kappa shape index (κ2) is 3.34. The Morgan fingerprint density at radius 1 is 1.41 bits per heavy atom. The molecule has 0 radical (unpaired) electrons. The molecule has 1 fully saturated rings.